The van der Waals surface area contributed by atoms with Crippen LogP contribution in [0.3, 0.4) is 0 Å². The van der Waals surface area contributed by atoms with E-state index in [1.807, 2.05) is 0 Å². The lowest BCUT2D eigenvalue weighted by molar-refractivity contribution is 0.132. The summed E-state index contributed by atoms with van der Waals surface area (Å²) in [6.45, 7) is 7.01. The highest BCUT2D eigenvalue weighted by Crippen LogP contribution is 2.14. The summed E-state index contributed by atoms with van der Waals surface area (Å²) in [5.74, 6) is 0.635. The number of anilines is 1. The highest BCUT2D eigenvalue weighted by Gasteiger charge is 2.08. The van der Waals surface area contributed by atoms with Gasteiger partial charge >= 0.3 is 0 Å². The fraction of sp³-hybridized carbons (Fsp3) is 0.714. The first kappa shape index (κ1) is 17.9. The van der Waals surface area contributed by atoms with Crippen LogP contribution in [0.25, 0.3) is 0 Å². The first-order chi connectivity index (χ1) is 10.1. The topological polar surface area (TPSA) is 65.4 Å². The molecule has 0 aliphatic carbocycles. The van der Waals surface area contributed by atoms with Gasteiger partial charge in [-0.25, -0.2) is 4.68 Å². The van der Waals surface area contributed by atoms with E-state index in [0.717, 1.165) is 13.0 Å². The van der Waals surface area contributed by atoms with E-state index in [-0.39, 0.29) is 10.6 Å². The zero-order valence-corrected chi connectivity index (χ0v) is 13.7. The van der Waals surface area contributed by atoms with E-state index in [0.29, 0.717) is 37.9 Å². The van der Waals surface area contributed by atoms with Crippen molar-refractivity contribution in [1.82, 2.24) is 9.78 Å². The molecule has 0 saturated heterocycles. The van der Waals surface area contributed by atoms with E-state index in [9.17, 15) is 4.79 Å². The molecule has 21 heavy (non-hydrogen) atoms. The van der Waals surface area contributed by atoms with Crippen molar-refractivity contribution >= 4 is 17.3 Å². The van der Waals surface area contributed by atoms with Gasteiger partial charge in [0, 0.05) is 20.3 Å². The number of ether oxygens (including phenoxy) is 2. The summed E-state index contributed by atoms with van der Waals surface area (Å²) in [5, 5.41) is 7.25. The van der Waals surface area contributed by atoms with E-state index >= 15 is 0 Å². The standard InChI is InChI=1S/C14H24ClN3O3/c1-11(2)4-7-21-8-5-16-12-10-17-18(6-9-20-3)14(19)13(12)15/h10-11,16H,4-9H2,1-3H3. The van der Waals surface area contributed by atoms with E-state index in [2.05, 4.69) is 24.3 Å². The molecule has 1 heterocycles. The molecule has 0 saturated carbocycles. The maximum absolute atomic E-state index is 11.9. The first-order valence-electron chi connectivity index (χ1n) is 7.12. The second-order valence-corrected chi connectivity index (χ2v) is 5.49. The van der Waals surface area contributed by atoms with Crippen molar-refractivity contribution in [2.75, 3.05) is 38.8 Å². The minimum atomic E-state index is -0.320. The molecular weight excluding hydrogens is 294 g/mol. The third kappa shape index (κ3) is 6.46. The predicted molar refractivity (Wildman–Crippen MR) is 84.1 cm³/mol. The number of hydrogen-bond donors (Lipinski definition) is 1. The molecule has 0 fully saturated rings. The third-order valence-electron chi connectivity index (χ3n) is 2.89. The Morgan fingerprint density at radius 3 is 2.81 bits per heavy atom. The fourth-order valence-corrected chi connectivity index (χ4v) is 1.82. The van der Waals surface area contributed by atoms with Gasteiger partial charge in [-0.1, -0.05) is 25.4 Å². The molecule has 0 spiro atoms. The largest absolute Gasteiger partial charge is 0.383 e. The van der Waals surface area contributed by atoms with Gasteiger partial charge in [0.2, 0.25) is 0 Å². The molecule has 1 N–H and O–H groups in total. The second kappa shape index (κ2) is 9.76. The Balaban J connectivity index is 2.42. The molecule has 6 nitrogen and oxygen atoms in total. The van der Waals surface area contributed by atoms with Crippen molar-refractivity contribution in [2.45, 2.75) is 26.8 Å². The predicted octanol–water partition coefficient (Wildman–Crippen LogP) is 2.02. The number of nitrogens with zero attached hydrogens (tertiary/aromatic N) is 2. The lowest BCUT2D eigenvalue weighted by Gasteiger charge is -2.11. The molecular formula is C14H24ClN3O3. The Hall–Kier alpha value is -1.11. The van der Waals surface area contributed by atoms with Crippen LogP contribution < -0.4 is 10.9 Å². The van der Waals surface area contributed by atoms with Crippen LogP contribution in [0.5, 0.6) is 0 Å². The average Bonchev–Trinajstić information content (AvgIpc) is 2.45. The molecule has 1 rings (SSSR count). The van der Waals surface area contributed by atoms with Gasteiger partial charge in [0.1, 0.15) is 5.02 Å². The van der Waals surface area contributed by atoms with E-state index < -0.39 is 0 Å². The summed E-state index contributed by atoms with van der Waals surface area (Å²) in [7, 11) is 1.57. The number of halogens is 1. The third-order valence-corrected chi connectivity index (χ3v) is 3.26. The molecule has 0 unspecified atom stereocenters. The Kier molecular flexibility index (Phi) is 8.34. The van der Waals surface area contributed by atoms with Crippen LogP contribution >= 0.6 is 11.6 Å². The number of aromatic nitrogens is 2. The minimum absolute atomic E-state index is 0.142. The molecule has 0 aliphatic heterocycles. The van der Waals surface area contributed by atoms with Gasteiger partial charge in [0.05, 0.1) is 31.6 Å². The lowest BCUT2D eigenvalue weighted by atomic mass is 10.1. The van der Waals surface area contributed by atoms with E-state index in [4.69, 9.17) is 21.1 Å². The van der Waals surface area contributed by atoms with Crippen molar-refractivity contribution in [1.29, 1.82) is 0 Å². The summed E-state index contributed by atoms with van der Waals surface area (Å²) in [5.41, 5.74) is 0.210. The molecule has 0 radical (unpaired) electrons. The van der Waals surface area contributed by atoms with Gasteiger partial charge in [-0.2, -0.15) is 5.10 Å². The molecule has 120 valence electrons. The van der Waals surface area contributed by atoms with Crippen LogP contribution in [0.2, 0.25) is 5.02 Å². The van der Waals surface area contributed by atoms with Crippen molar-refractivity contribution in [2.24, 2.45) is 5.92 Å². The van der Waals surface area contributed by atoms with Crippen LogP contribution in [0.4, 0.5) is 5.69 Å². The maximum Gasteiger partial charge on any atom is 0.287 e. The first-order valence-corrected chi connectivity index (χ1v) is 7.50. The zero-order valence-electron chi connectivity index (χ0n) is 12.9. The van der Waals surface area contributed by atoms with Crippen LogP contribution in [0, 0.1) is 5.92 Å². The highest BCUT2D eigenvalue weighted by molar-refractivity contribution is 6.32. The number of nitrogens with one attached hydrogen (secondary N) is 1. The van der Waals surface area contributed by atoms with Gasteiger partial charge in [0.15, 0.2) is 0 Å². The number of methoxy groups -OCH3 is 1. The van der Waals surface area contributed by atoms with Crippen LogP contribution in [-0.2, 0) is 16.0 Å². The van der Waals surface area contributed by atoms with Gasteiger partial charge < -0.3 is 14.8 Å². The quantitative estimate of drug-likeness (QED) is 0.669. The lowest BCUT2D eigenvalue weighted by Crippen LogP contribution is -2.26. The normalized spacial score (nSPS) is 11.1. The van der Waals surface area contributed by atoms with Crippen LogP contribution in [0.1, 0.15) is 20.3 Å². The Bertz CT molecular complexity index is 477. The average molecular weight is 318 g/mol. The van der Waals surface area contributed by atoms with Crippen LogP contribution in [0.15, 0.2) is 11.0 Å². The molecule has 0 amide bonds. The summed E-state index contributed by atoms with van der Waals surface area (Å²) in [6, 6.07) is 0. The van der Waals surface area contributed by atoms with E-state index in [1.165, 1.54) is 4.68 Å². The zero-order chi connectivity index (χ0) is 15.7. The molecule has 1 aromatic heterocycles. The molecule has 0 aliphatic rings. The monoisotopic (exact) mass is 317 g/mol. The fourth-order valence-electron chi connectivity index (χ4n) is 1.60. The van der Waals surface area contributed by atoms with Crippen molar-refractivity contribution < 1.29 is 9.47 Å². The molecule has 0 aromatic carbocycles. The Morgan fingerprint density at radius 1 is 1.38 bits per heavy atom. The Labute approximate surface area is 130 Å². The minimum Gasteiger partial charge on any atom is -0.383 e. The maximum atomic E-state index is 11.9. The van der Waals surface area contributed by atoms with Crippen molar-refractivity contribution in [3.63, 3.8) is 0 Å². The summed E-state index contributed by atoms with van der Waals surface area (Å²) in [4.78, 5) is 11.9. The second-order valence-electron chi connectivity index (χ2n) is 5.11. The smallest absolute Gasteiger partial charge is 0.287 e. The van der Waals surface area contributed by atoms with Gasteiger partial charge in [-0.15, -0.1) is 0 Å². The van der Waals surface area contributed by atoms with Crippen molar-refractivity contribution in [3.05, 3.63) is 21.6 Å². The Morgan fingerprint density at radius 2 is 2.14 bits per heavy atom. The van der Waals surface area contributed by atoms with Crippen LogP contribution in [-0.4, -0.2) is 43.3 Å². The summed E-state index contributed by atoms with van der Waals surface area (Å²) >= 11 is 6.04. The van der Waals surface area contributed by atoms with Crippen molar-refractivity contribution in [3.8, 4) is 0 Å². The molecule has 7 heteroatoms. The SMILES string of the molecule is COCCn1ncc(NCCOCCC(C)C)c(Cl)c1=O. The van der Waals surface area contributed by atoms with Gasteiger partial charge in [-0.05, 0) is 12.3 Å². The summed E-state index contributed by atoms with van der Waals surface area (Å²) < 4.78 is 11.7. The number of rotatable bonds is 10. The van der Waals surface area contributed by atoms with Gasteiger partial charge in [0.25, 0.3) is 5.56 Å². The molecule has 1 aromatic rings. The number of hydrogen-bond acceptors (Lipinski definition) is 5. The van der Waals surface area contributed by atoms with Gasteiger partial charge in [-0.3, -0.25) is 4.79 Å². The van der Waals surface area contributed by atoms with E-state index in [1.54, 1.807) is 13.3 Å². The molecule has 0 bridgehead atoms. The molecule has 0 atom stereocenters. The highest BCUT2D eigenvalue weighted by atomic mass is 35.5. The summed E-state index contributed by atoms with van der Waals surface area (Å²) in [6.07, 6.45) is 2.59.